The van der Waals surface area contributed by atoms with E-state index in [0.717, 1.165) is 17.2 Å². The zero-order chi connectivity index (χ0) is 12.7. The van der Waals surface area contributed by atoms with E-state index < -0.39 is 0 Å². The van der Waals surface area contributed by atoms with Gasteiger partial charge in [0.2, 0.25) is 0 Å². The summed E-state index contributed by atoms with van der Waals surface area (Å²) in [7, 11) is 0. The summed E-state index contributed by atoms with van der Waals surface area (Å²) in [4.78, 5) is 16.7. The molecule has 1 amide bonds. The van der Waals surface area contributed by atoms with Crippen molar-refractivity contribution in [3.05, 3.63) is 16.1 Å². The van der Waals surface area contributed by atoms with Crippen molar-refractivity contribution in [2.24, 2.45) is 0 Å². The van der Waals surface area contributed by atoms with Gasteiger partial charge in [-0.3, -0.25) is 4.79 Å². The molecule has 1 unspecified atom stereocenters. The number of amides is 1. The third kappa shape index (κ3) is 4.65. The summed E-state index contributed by atoms with van der Waals surface area (Å²) in [6.45, 7) is 2.11. The highest BCUT2D eigenvalue weighted by Crippen LogP contribution is 2.13. The molecular weight excluding hydrogens is 256 g/mol. The van der Waals surface area contributed by atoms with Crippen LogP contribution in [0, 0.1) is 0 Å². The number of hydrogen-bond donors (Lipinski definition) is 2. The number of aliphatic hydroxyl groups excluding tert-OH is 1. The van der Waals surface area contributed by atoms with Gasteiger partial charge in [0.25, 0.3) is 5.91 Å². The van der Waals surface area contributed by atoms with E-state index in [2.05, 4.69) is 10.3 Å². The molecule has 0 bridgehead atoms. The number of aryl methyl sites for hydroxylation is 1. The number of hydrogen-bond acceptors (Lipinski definition) is 5. The van der Waals surface area contributed by atoms with Crippen molar-refractivity contribution in [2.75, 3.05) is 18.6 Å². The SMILES string of the molecule is CCc1ncc(C(=O)NC(CCO)CSC)s1. The van der Waals surface area contributed by atoms with Crippen molar-refractivity contribution in [3.63, 3.8) is 0 Å². The summed E-state index contributed by atoms with van der Waals surface area (Å²) in [5.41, 5.74) is 0. The minimum Gasteiger partial charge on any atom is -0.396 e. The zero-order valence-electron chi connectivity index (χ0n) is 10.1. The maximum Gasteiger partial charge on any atom is 0.263 e. The van der Waals surface area contributed by atoms with Crippen LogP contribution in [0.4, 0.5) is 0 Å². The molecule has 0 aliphatic heterocycles. The summed E-state index contributed by atoms with van der Waals surface area (Å²) < 4.78 is 0. The molecule has 0 aromatic carbocycles. The largest absolute Gasteiger partial charge is 0.396 e. The topological polar surface area (TPSA) is 62.2 Å². The highest BCUT2D eigenvalue weighted by atomic mass is 32.2. The molecule has 0 saturated heterocycles. The standard InChI is InChI=1S/C11H18N2O2S2/c1-3-10-12-6-9(17-10)11(15)13-8(4-5-14)7-16-2/h6,8,14H,3-5,7H2,1-2H3,(H,13,15). The lowest BCUT2D eigenvalue weighted by Crippen LogP contribution is -2.36. The Morgan fingerprint density at radius 1 is 1.71 bits per heavy atom. The molecule has 0 spiro atoms. The second-order valence-electron chi connectivity index (χ2n) is 3.61. The second kappa shape index (κ2) is 7.68. The molecule has 1 heterocycles. The van der Waals surface area contributed by atoms with Gasteiger partial charge < -0.3 is 10.4 Å². The van der Waals surface area contributed by atoms with Crippen LogP contribution in [-0.4, -0.2) is 40.7 Å². The Hall–Kier alpha value is -0.590. The summed E-state index contributed by atoms with van der Waals surface area (Å²) in [6.07, 6.45) is 5.04. The lowest BCUT2D eigenvalue weighted by molar-refractivity contribution is 0.0939. The molecule has 17 heavy (non-hydrogen) atoms. The predicted octanol–water partition coefficient (Wildman–Crippen LogP) is 1.55. The van der Waals surface area contributed by atoms with Crippen molar-refractivity contribution in [3.8, 4) is 0 Å². The van der Waals surface area contributed by atoms with Crippen molar-refractivity contribution in [1.29, 1.82) is 0 Å². The minimum atomic E-state index is -0.0882. The van der Waals surface area contributed by atoms with E-state index in [9.17, 15) is 4.79 Å². The van der Waals surface area contributed by atoms with Gasteiger partial charge in [-0.15, -0.1) is 11.3 Å². The maximum atomic E-state index is 11.9. The summed E-state index contributed by atoms with van der Waals surface area (Å²) in [5, 5.41) is 12.8. The molecule has 0 aliphatic rings. The van der Waals surface area contributed by atoms with Crippen molar-refractivity contribution in [2.45, 2.75) is 25.8 Å². The number of rotatable bonds is 7. The first kappa shape index (κ1) is 14.5. The highest BCUT2D eigenvalue weighted by molar-refractivity contribution is 7.98. The lowest BCUT2D eigenvalue weighted by atomic mass is 10.2. The third-order valence-corrected chi connectivity index (χ3v) is 4.14. The molecule has 1 atom stereocenters. The average molecular weight is 274 g/mol. The van der Waals surface area contributed by atoms with Gasteiger partial charge in [0.05, 0.1) is 11.2 Å². The van der Waals surface area contributed by atoms with Gasteiger partial charge in [-0.1, -0.05) is 6.92 Å². The fraction of sp³-hybridized carbons (Fsp3) is 0.636. The van der Waals surface area contributed by atoms with Crippen LogP contribution in [0.3, 0.4) is 0 Å². The Morgan fingerprint density at radius 3 is 3.00 bits per heavy atom. The Bertz CT molecular complexity index is 349. The Morgan fingerprint density at radius 2 is 2.47 bits per heavy atom. The summed E-state index contributed by atoms with van der Waals surface area (Å²) >= 11 is 3.09. The van der Waals surface area contributed by atoms with Crippen molar-refractivity contribution < 1.29 is 9.90 Å². The van der Waals surface area contributed by atoms with E-state index in [-0.39, 0.29) is 18.6 Å². The highest BCUT2D eigenvalue weighted by Gasteiger charge is 2.15. The Balaban J connectivity index is 2.56. The van der Waals surface area contributed by atoms with Crippen LogP contribution in [0.1, 0.15) is 28.0 Å². The van der Waals surface area contributed by atoms with Gasteiger partial charge in [-0.25, -0.2) is 4.98 Å². The molecule has 4 nitrogen and oxygen atoms in total. The van der Waals surface area contributed by atoms with Crippen LogP contribution in [-0.2, 0) is 6.42 Å². The number of nitrogens with zero attached hydrogens (tertiary/aromatic N) is 1. The monoisotopic (exact) mass is 274 g/mol. The number of thioether (sulfide) groups is 1. The van der Waals surface area contributed by atoms with Crippen LogP contribution in [0.25, 0.3) is 0 Å². The zero-order valence-corrected chi connectivity index (χ0v) is 11.7. The van der Waals surface area contributed by atoms with E-state index in [1.54, 1.807) is 18.0 Å². The number of aliphatic hydroxyl groups is 1. The van der Waals surface area contributed by atoms with Gasteiger partial charge in [-0.2, -0.15) is 11.8 Å². The van der Waals surface area contributed by atoms with Crippen molar-refractivity contribution >= 4 is 29.0 Å². The first-order chi connectivity index (χ1) is 8.21. The average Bonchev–Trinajstić information content (AvgIpc) is 2.78. The summed E-state index contributed by atoms with van der Waals surface area (Å²) in [6, 6.07) is 0.0228. The first-order valence-corrected chi connectivity index (χ1v) is 7.77. The van der Waals surface area contributed by atoms with Gasteiger partial charge >= 0.3 is 0 Å². The predicted molar refractivity (Wildman–Crippen MR) is 72.8 cm³/mol. The number of thiazole rings is 1. The third-order valence-electron chi connectivity index (χ3n) is 2.26. The van der Waals surface area contributed by atoms with E-state index >= 15 is 0 Å². The quantitative estimate of drug-likeness (QED) is 0.792. The molecular formula is C11H18N2O2S2. The normalized spacial score (nSPS) is 12.4. The van der Waals surface area contributed by atoms with E-state index in [1.807, 2.05) is 13.2 Å². The number of nitrogens with one attached hydrogen (secondary N) is 1. The van der Waals surface area contributed by atoms with Crippen LogP contribution >= 0.6 is 23.1 Å². The van der Waals surface area contributed by atoms with E-state index in [4.69, 9.17) is 5.11 Å². The Labute approximate surface area is 110 Å². The maximum absolute atomic E-state index is 11.9. The molecule has 1 aromatic rings. The van der Waals surface area contributed by atoms with Gasteiger partial charge in [0.1, 0.15) is 4.88 Å². The summed E-state index contributed by atoms with van der Waals surface area (Å²) in [5.74, 6) is 0.723. The smallest absolute Gasteiger partial charge is 0.263 e. The molecule has 0 fully saturated rings. The number of carbonyl (C=O) groups is 1. The fourth-order valence-electron chi connectivity index (χ4n) is 1.39. The number of aromatic nitrogens is 1. The molecule has 0 aliphatic carbocycles. The minimum absolute atomic E-state index is 0.0228. The van der Waals surface area contributed by atoms with Gasteiger partial charge in [0, 0.05) is 18.4 Å². The molecule has 1 rings (SSSR count). The molecule has 96 valence electrons. The molecule has 2 N–H and O–H groups in total. The van der Waals surface area contributed by atoms with Crippen molar-refractivity contribution in [1.82, 2.24) is 10.3 Å². The van der Waals surface area contributed by atoms with Gasteiger partial charge in [0.15, 0.2) is 0 Å². The van der Waals surface area contributed by atoms with E-state index in [1.165, 1.54) is 11.3 Å². The van der Waals surface area contributed by atoms with Crippen LogP contribution in [0.5, 0.6) is 0 Å². The molecule has 0 radical (unpaired) electrons. The van der Waals surface area contributed by atoms with Crippen LogP contribution < -0.4 is 5.32 Å². The van der Waals surface area contributed by atoms with Crippen LogP contribution in [0.2, 0.25) is 0 Å². The number of carbonyl (C=O) groups excluding carboxylic acids is 1. The molecule has 1 aromatic heterocycles. The molecule has 6 heteroatoms. The van der Waals surface area contributed by atoms with Crippen LogP contribution in [0.15, 0.2) is 6.20 Å². The second-order valence-corrected chi connectivity index (χ2v) is 5.64. The van der Waals surface area contributed by atoms with Gasteiger partial charge in [-0.05, 0) is 19.1 Å². The first-order valence-electron chi connectivity index (χ1n) is 5.56. The Kier molecular flexibility index (Phi) is 6.54. The lowest BCUT2D eigenvalue weighted by Gasteiger charge is -2.15. The fourth-order valence-corrected chi connectivity index (χ4v) is 2.80. The van der Waals surface area contributed by atoms with E-state index in [0.29, 0.717) is 11.3 Å². The molecule has 0 saturated carbocycles.